The van der Waals surface area contributed by atoms with Gasteiger partial charge in [0.15, 0.2) is 0 Å². The molecule has 6 N–H and O–H groups in total. The van der Waals surface area contributed by atoms with Gasteiger partial charge in [0, 0.05) is 71.8 Å². The summed E-state index contributed by atoms with van der Waals surface area (Å²) in [6.45, 7) is 2.32. The Balaban J connectivity index is 2.10. The third-order valence-electron chi connectivity index (χ3n) is 8.50. The number of amides is 6. The fraction of sp³-hybridized carbons (Fsp3) is 0.514. The Labute approximate surface area is 304 Å². The van der Waals surface area contributed by atoms with E-state index in [0.717, 1.165) is 28.6 Å². The van der Waals surface area contributed by atoms with Crippen LogP contribution in [0.1, 0.15) is 31.7 Å². The molecule has 15 nitrogen and oxygen atoms in total. The number of aromatic nitrogens is 1. The predicted octanol–water partition coefficient (Wildman–Crippen LogP) is 0.0167. The van der Waals surface area contributed by atoms with Crippen molar-refractivity contribution < 1.29 is 33.5 Å². The van der Waals surface area contributed by atoms with Gasteiger partial charge in [0.05, 0.1) is 17.5 Å². The fourth-order valence-corrected chi connectivity index (χ4v) is 6.47. The Morgan fingerprint density at radius 2 is 1.55 bits per heavy atom. The van der Waals surface area contributed by atoms with Crippen LogP contribution >= 0.6 is 11.8 Å². The molecule has 2 aromatic rings. The van der Waals surface area contributed by atoms with Crippen molar-refractivity contribution in [3.8, 4) is 11.3 Å². The molecule has 0 aliphatic heterocycles. The van der Waals surface area contributed by atoms with Crippen LogP contribution in [0.5, 0.6) is 0 Å². The maximum Gasteiger partial charge on any atom is 0.245 e. The van der Waals surface area contributed by atoms with Gasteiger partial charge in [-0.3, -0.25) is 33.8 Å². The quantitative estimate of drug-likeness (QED) is 0.128. The summed E-state index contributed by atoms with van der Waals surface area (Å²) in [5.74, 6) is -3.31. The molecule has 4 atom stereocenters. The number of hydrogen-bond acceptors (Lipinski definition) is 10. The largest absolute Gasteiger partial charge is 0.385 e. The molecule has 0 fully saturated rings. The van der Waals surface area contributed by atoms with Gasteiger partial charge >= 0.3 is 0 Å². The standard InChI is InChI=1S/C35H52N8O7S/c1-7-39-33(47)27(17-18-50-6)42(4)35(49)28(15-16-30(36)44)41(3)31(45)22-51-21-29(32(37)46)43(5)34(48)26(38-2)19-23-13-14-25(40-20-23)24-11-9-8-10-12-24/h8-14,20,26-29,38H,7,15-19,21-22H2,1-6H3,(H2,36,44)(H2,37,46)(H,39,47)/t26-,27-,28-,29-/m0/s1. The molecule has 0 saturated carbocycles. The Kier molecular flexibility index (Phi) is 18.1. The molecule has 280 valence electrons. The first kappa shape index (κ1) is 42.6. The van der Waals surface area contributed by atoms with Crippen LogP contribution in [0, 0.1) is 0 Å². The highest BCUT2D eigenvalue weighted by molar-refractivity contribution is 8.00. The predicted molar refractivity (Wildman–Crippen MR) is 196 cm³/mol. The van der Waals surface area contributed by atoms with E-state index in [-0.39, 0.29) is 49.2 Å². The van der Waals surface area contributed by atoms with E-state index in [1.165, 1.54) is 43.0 Å². The van der Waals surface area contributed by atoms with Crippen LogP contribution in [-0.4, -0.2) is 139 Å². The second-order valence-electron chi connectivity index (χ2n) is 12.0. The lowest BCUT2D eigenvalue weighted by atomic mass is 10.0. The van der Waals surface area contributed by atoms with Crippen LogP contribution in [0.15, 0.2) is 48.7 Å². The van der Waals surface area contributed by atoms with Crippen molar-refractivity contribution in [2.45, 2.75) is 56.8 Å². The van der Waals surface area contributed by atoms with Crippen LogP contribution in [0.4, 0.5) is 0 Å². The van der Waals surface area contributed by atoms with E-state index in [1.54, 1.807) is 20.2 Å². The minimum atomic E-state index is -1.10. The molecule has 0 unspecified atom stereocenters. The van der Waals surface area contributed by atoms with Crippen molar-refractivity contribution >= 4 is 47.2 Å². The summed E-state index contributed by atoms with van der Waals surface area (Å²) in [5.41, 5.74) is 13.7. The number of nitrogens with one attached hydrogen (secondary N) is 2. The molecule has 0 bridgehead atoms. The molecule has 2 rings (SSSR count). The van der Waals surface area contributed by atoms with E-state index in [1.807, 2.05) is 42.5 Å². The van der Waals surface area contributed by atoms with Gasteiger partial charge in [0.1, 0.15) is 18.1 Å². The topological polar surface area (TPSA) is 210 Å². The van der Waals surface area contributed by atoms with Crippen LogP contribution in [-0.2, 0) is 39.9 Å². The number of methoxy groups -OCH3 is 1. The molecule has 16 heteroatoms. The normalized spacial score (nSPS) is 13.3. The number of primary amides is 2. The molecule has 0 aliphatic carbocycles. The van der Waals surface area contributed by atoms with Crippen molar-refractivity contribution in [2.75, 3.05) is 60.0 Å². The number of carbonyl (C=O) groups is 6. The summed E-state index contributed by atoms with van der Waals surface area (Å²) < 4.78 is 5.12. The third-order valence-corrected chi connectivity index (χ3v) is 9.50. The molecule has 0 radical (unpaired) electrons. The Bertz CT molecular complexity index is 1460. The first-order valence-electron chi connectivity index (χ1n) is 16.7. The number of nitrogens with two attached hydrogens (primary N) is 2. The summed E-state index contributed by atoms with van der Waals surface area (Å²) in [4.78, 5) is 85.8. The molecule has 0 spiro atoms. The fourth-order valence-electron chi connectivity index (χ4n) is 5.36. The number of carbonyl (C=O) groups excluding carboxylic acids is 6. The summed E-state index contributed by atoms with van der Waals surface area (Å²) in [6, 6.07) is 9.80. The van der Waals surface area contributed by atoms with Crippen LogP contribution in [0.3, 0.4) is 0 Å². The number of hydrogen-bond donors (Lipinski definition) is 4. The Morgan fingerprint density at radius 3 is 2.10 bits per heavy atom. The van der Waals surface area contributed by atoms with Crippen molar-refractivity contribution in [2.24, 2.45) is 11.5 Å². The molecule has 0 aliphatic rings. The van der Waals surface area contributed by atoms with E-state index in [0.29, 0.717) is 13.0 Å². The van der Waals surface area contributed by atoms with E-state index in [4.69, 9.17) is 16.2 Å². The van der Waals surface area contributed by atoms with Gasteiger partial charge in [0.2, 0.25) is 35.4 Å². The zero-order valence-corrected chi connectivity index (χ0v) is 31.1. The summed E-state index contributed by atoms with van der Waals surface area (Å²) in [7, 11) is 7.50. The summed E-state index contributed by atoms with van der Waals surface area (Å²) in [5, 5.41) is 5.71. The minimum absolute atomic E-state index is 0.0109. The number of rotatable bonds is 22. The van der Waals surface area contributed by atoms with Gasteiger partial charge in [-0.2, -0.15) is 0 Å². The molecule has 0 saturated heterocycles. The van der Waals surface area contributed by atoms with Crippen LogP contribution < -0.4 is 22.1 Å². The number of likely N-dealkylation sites (N-methyl/N-ethyl adjacent to an activating group) is 5. The van der Waals surface area contributed by atoms with E-state index in [2.05, 4.69) is 15.6 Å². The van der Waals surface area contributed by atoms with Crippen LogP contribution in [0.2, 0.25) is 0 Å². The SMILES string of the molecule is CCNC(=O)[C@H](CCOC)N(C)C(=O)[C@H](CCC(N)=O)N(C)C(=O)CSC[C@@H](C(N)=O)N(C)C(=O)[C@H](Cc1ccc(-c2ccccc2)nc1)NC. The molecule has 1 heterocycles. The average molecular weight is 729 g/mol. The van der Waals surface area contributed by atoms with E-state index < -0.39 is 47.8 Å². The summed E-state index contributed by atoms with van der Waals surface area (Å²) >= 11 is 1.07. The molecule has 1 aromatic carbocycles. The van der Waals surface area contributed by atoms with Crippen molar-refractivity contribution in [3.63, 3.8) is 0 Å². The van der Waals surface area contributed by atoms with E-state index >= 15 is 0 Å². The first-order chi connectivity index (χ1) is 24.3. The third kappa shape index (κ3) is 12.9. The van der Waals surface area contributed by atoms with Crippen molar-refractivity contribution in [3.05, 3.63) is 54.2 Å². The number of nitrogens with zero attached hydrogens (tertiary/aromatic N) is 4. The smallest absolute Gasteiger partial charge is 0.245 e. The molecule has 1 aromatic heterocycles. The maximum absolute atomic E-state index is 13.7. The van der Waals surface area contributed by atoms with Gasteiger partial charge in [-0.05, 0) is 38.4 Å². The Morgan fingerprint density at radius 1 is 0.882 bits per heavy atom. The molecular weight excluding hydrogens is 677 g/mol. The highest BCUT2D eigenvalue weighted by Crippen LogP contribution is 2.19. The monoisotopic (exact) mass is 728 g/mol. The second-order valence-corrected chi connectivity index (χ2v) is 13.0. The number of pyridine rings is 1. The van der Waals surface area contributed by atoms with Gasteiger partial charge in [-0.1, -0.05) is 36.4 Å². The molecular formula is C35H52N8O7S. The molecule has 6 amide bonds. The lowest BCUT2D eigenvalue weighted by Gasteiger charge is -2.34. The zero-order chi connectivity index (χ0) is 38.1. The van der Waals surface area contributed by atoms with E-state index in [9.17, 15) is 28.8 Å². The highest BCUT2D eigenvalue weighted by atomic mass is 32.2. The number of ether oxygens (including phenoxy) is 1. The van der Waals surface area contributed by atoms with Gasteiger partial charge < -0.3 is 41.5 Å². The number of benzene rings is 1. The summed E-state index contributed by atoms with van der Waals surface area (Å²) in [6.07, 6.45) is 2.01. The zero-order valence-electron chi connectivity index (χ0n) is 30.3. The second kappa shape index (κ2) is 21.6. The lowest BCUT2D eigenvalue weighted by molar-refractivity contribution is -0.147. The highest BCUT2D eigenvalue weighted by Gasteiger charge is 2.35. The minimum Gasteiger partial charge on any atom is -0.385 e. The van der Waals surface area contributed by atoms with Crippen LogP contribution in [0.25, 0.3) is 11.3 Å². The average Bonchev–Trinajstić information content (AvgIpc) is 3.12. The lowest BCUT2D eigenvalue weighted by Crippen LogP contribution is -2.55. The maximum atomic E-state index is 13.7. The number of thioether (sulfide) groups is 1. The van der Waals surface area contributed by atoms with Crippen molar-refractivity contribution in [1.29, 1.82) is 0 Å². The van der Waals surface area contributed by atoms with Crippen molar-refractivity contribution in [1.82, 2.24) is 30.3 Å². The van der Waals surface area contributed by atoms with Gasteiger partial charge in [-0.25, -0.2) is 0 Å². The van der Waals surface area contributed by atoms with Gasteiger partial charge in [0.25, 0.3) is 0 Å². The van der Waals surface area contributed by atoms with Gasteiger partial charge in [-0.15, -0.1) is 11.8 Å². The molecule has 51 heavy (non-hydrogen) atoms. The first-order valence-corrected chi connectivity index (χ1v) is 17.8. The Hall–Kier alpha value is -4.54.